The summed E-state index contributed by atoms with van der Waals surface area (Å²) >= 11 is 8.60. The van der Waals surface area contributed by atoms with E-state index in [1.54, 1.807) is 29.2 Å². The van der Waals surface area contributed by atoms with Gasteiger partial charge in [-0.2, -0.15) is 5.26 Å². The second kappa shape index (κ2) is 11.7. The number of furan rings is 1. The first-order valence-electron chi connectivity index (χ1n) is 12.7. The Labute approximate surface area is 255 Å². The molecule has 218 valence electrons. The highest BCUT2D eigenvalue weighted by Gasteiger charge is 2.46. The Morgan fingerprint density at radius 2 is 2.07 bits per heavy atom. The Morgan fingerprint density at radius 1 is 1.31 bits per heavy atom. The van der Waals surface area contributed by atoms with E-state index in [9.17, 15) is 14.9 Å². The lowest BCUT2D eigenvalue weighted by Gasteiger charge is -2.42. The molecule has 1 atom stereocenters. The molecule has 42 heavy (non-hydrogen) atoms. The SMILES string of the molecule is COc1cc(OC)c(NC(=O)CSc2nnc(N3C(N)=C(C#N)C(c4ccco4)C4=C3CC(C)(C)CC4=O)s2)cc1Cl. The first-order valence-corrected chi connectivity index (χ1v) is 14.9. The molecule has 3 heterocycles. The third-order valence-electron chi connectivity index (χ3n) is 6.87. The molecule has 0 fully saturated rings. The number of rotatable bonds is 8. The van der Waals surface area contributed by atoms with E-state index >= 15 is 0 Å². The monoisotopic (exact) mass is 626 g/mol. The van der Waals surface area contributed by atoms with E-state index < -0.39 is 5.92 Å². The summed E-state index contributed by atoms with van der Waals surface area (Å²) in [6.45, 7) is 4.03. The molecule has 1 unspecified atom stereocenters. The third kappa shape index (κ3) is 5.57. The molecular formula is C28H27ClN6O5S2. The zero-order valence-corrected chi connectivity index (χ0v) is 25.6. The van der Waals surface area contributed by atoms with Crippen LogP contribution in [0.25, 0.3) is 0 Å². The van der Waals surface area contributed by atoms with Crippen molar-refractivity contribution in [3.8, 4) is 17.6 Å². The summed E-state index contributed by atoms with van der Waals surface area (Å²) in [6.07, 6.45) is 2.36. The molecule has 2 aliphatic rings. The van der Waals surface area contributed by atoms with Crippen LogP contribution in [0.15, 0.2) is 61.9 Å². The van der Waals surface area contributed by atoms with Crippen LogP contribution in [0.3, 0.4) is 0 Å². The number of allylic oxidation sites excluding steroid dienone is 3. The maximum absolute atomic E-state index is 13.5. The Balaban J connectivity index is 1.40. The minimum absolute atomic E-state index is 0.0240. The van der Waals surface area contributed by atoms with Gasteiger partial charge in [0.05, 0.1) is 54.5 Å². The van der Waals surface area contributed by atoms with E-state index in [1.807, 2.05) is 13.8 Å². The van der Waals surface area contributed by atoms with Gasteiger partial charge in [0.1, 0.15) is 23.1 Å². The molecule has 1 aliphatic heterocycles. The fourth-order valence-corrected chi connectivity index (χ4v) is 7.01. The Hall–Kier alpha value is -3.99. The highest BCUT2D eigenvalue weighted by molar-refractivity contribution is 8.01. The highest BCUT2D eigenvalue weighted by Crippen LogP contribution is 2.50. The van der Waals surface area contributed by atoms with E-state index in [2.05, 4.69) is 21.6 Å². The molecule has 2 aromatic heterocycles. The van der Waals surface area contributed by atoms with Gasteiger partial charge >= 0.3 is 0 Å². The number of amides is 1. The van der Waals surface area contributed by atoms with Crippen LogP contribution >= 0.6 is 34.7 Å². The number of carbonyl (C=O) groups excluding carboxylic acids is 2. The summed E-state index contributed by atoms with van der Waals surface area (Å²) in [4.78, 5) is 27.9. The van der Waals surface area contributed by atoms with Crippen LogP contribution in [0, 0.1) is 16.7 Å². The number of ketones is 1. The van der Waals surface area contributed by atoms with Crippen molar-refractivity contribution in [2.75, 3.05) is 30.2 Å². The van der Waals surface area contributed by atoms with Gasteiger partial charge in [-0.3, -0.25) is 14.5 Å². The largest absolute Gasteiger partial charge is 0.495 e. The number of carbonyl (C=O) groups is 2. The van der Waals surface area contributed by atoms with Crippen molar-refractivity contribution in [2.24, 2.45) is 11.1 Å². The number of hydrogen-bond acceptors (Lipinski definition) is 12. The molecular weight excluding hydrogens is 600 g/mol. The quantitative estimate of drug-likeness (QED) is 0.305. The van der Waals surface area contributed by atoms with Crippen LogP contribution in [-0.2, 0) is 9.59 Å². The third-order valence-corrected chi connectivity index (χ3v) is 9.21. The molecule has 1 aromatic carbocycles. The Morgan fingerprint density at radius 3 is 2.74 bits per heavy atom. The zero-order chi connectivity index (χ0) is 30.2. The number of nitrogens with two attached hydrogens (primary N) is 1. The van der Waals surface area contributed by atoms with Crippen molar-refractivity contribution in [3.05, 3.63) is 64.0 Å². The zero-order valence-electron chi connectivity index (χ0n) is 23.2. The summed E-state index contributed by atoms with van der Waals surface area (Å²) < 4.78 is 16.7. The van der Waals surface area contributed by atoms with Gasteiger partial charge in [0.2, 0.25) is 11.0 Å². The van der Waals surface area contributed by atoms with Crippen LogP contribution < -0.4 is 25.4 Å². The van der Waals surface area contributed by atoms with E-state index in [0.29, 0.717) is 61.6 Å². The van der Waals surface area contributed by atoms with Gasteiger partial charge in [-0.25, -0.2) is 0 Å². The van der Waals surface area contributed by atoms with Crippen molar-refractivity contribution >= 4 is 57.2 Å². The number of ether oxygens (including phenoxy) is 2. The van der Waals surface area contributed by atoms with Gasteiger partial charge in [-0.15, -0.1) is 10.2 Å². The Kier molecular flexibility index (Phi) is 8.23. The topological polar surface area (TPSA) is 157 Å². The average molecular weight is 627 g/mol. The molecule has 0 saturated carbocycles. The molecule has 14 heteroatoms. The van der Waals surface area contributed by atoms with E-state index in [1.165, 1.54) is 43.6 Å². The van der Waals surface area contributed by atoms with Gasteiger partial charge in [-0.05, 0) is 30.0 Å². The van der Waals surface area contributed by atoms with Crippen LogP contribution in [0.5, 0.6) is 11.5 Å². The smallest absolute Gasteiger partial charge is 0.234 e. The second-order valence-electron chi connectivity index (χ2n) is 10.4. The number of nitrogens with one attached hydrogen (secondary N) is 1. The minimum atomic E-state index is -0.700. The van der Waals surface area contributed by atoms with Crippen molar-refractivity contribution in [3.63, 3.8) is 0 Å². The molecule has 0 saturated heterocycles. The van der Waals surface area contributed by atoms with Gasteiger partial charge in [0.25, 0.3) is 0 Å². The van der Waals surface area contributed by atoms with Crippen LogP contribution in [0.2, 0.25) is 5.02 Å². The van der Waals surface area contributed by atoms with E-state index in [0.717, 1.165) is 0 Å². The Bertz CT molecular complexity index is 1660. The number of hydrogen-bond donors (Lipinski definition) is 2. The van der Waals surface area contributed by atoms with Crippen LogP contribution in [0.1, 0.15) is 38.4 Å². The first-order chi connectivity index (χ1) is 20.1. The molecule has 5 rings (SSSR count). The summed E-state index contributed by atoms with van der Waals surface area (Å²) in [7, 11) is 2.97. The van der Waals surface area contributed by atoms with E-state index in [4.69, 9.17) is 31.2 Å². The number of thioether (sulfide) groups is 1. The standard InChI is InChI=1S/C28H27ClN6O5S2/c1-28(2)10-17-24(18(36)11-28)23(19-6-5-7-40-19)14(12-30)25(31)35(17)26-33-34-27(42-26)41-13-22(37)32-16-8-15(29)20(38-3)9-21(16)39-4/h5-9,23H,10-11,13,31H2,1-4H3,(H,32,37). The summed E-state index contributed by atoms with van der Waals surface area (Å²) in [5.41, 5.74) is 8.03. The highest BCUT2D eigenvalue weighted by atomic mass is 35.5. The summed E-state index contributed by atoms with van der Waals surface area (Å²) in [5, 5.41) is 22.2. The molecule has 0 radical (unpaired) electrons. The average Bonchev–Trinajstić information content (AvgIpc) is 3.63. The minimum Gasteiger partial charge on any atom is -0.495 e. The number of halogens is 1. The number of nitrogens with zero attached hydrogens (tertiary/aromatic N) is 4. The predicted octanol–water partition coefficient (Wildman–Crippen LogP) is 5.47. The number of anilines is 2. The lowest BCUT2D eigenvalue weighted by Crippen LogP contribution is -2.42. The van der Waals surface area contributed by atoms with Crippen molar-refractivity contribution in [2.45, 2.75) is 36.9 Å². The van der Waals surface area contributed by atoms with Crippen LogP contribution in [-0.4, -0.2) is 41.9 Å². The number of nitriles is 1. The van der Waals surface area contributed by atoms with E-state index in [-0.39, 0.29) is 34.3 Å². The van der Waals surface area contributed by atoms with Crippen molar-refractivity contribution in [1.29, 1.82) is 5.26 Å². The van der Waals surface area contributed by atoms with Crippen molar-refractivity contribution < 1.29 is 23.5 Å². The molecule has 3 N–H and O–H groups in total. The molecule has 0 bridgehead atoms. The number of methoxy groups -OCH3 is 2. The molecule has 1 amide bonds. The van der Waals surface area contributed by atoms with Gasteiger partial charge in [0, 0.05) is 23.8 Å². The molecule has 11 nitrogen and oxygen atoms in total. The van der Waals surface area contributed by atoms with Gasteiger partial charge in [0.15, 0.2) is 10.1 Å². The van der Waals surface area contributed by atoms with Gasteiger partial charge in [-0.1, -0.05) is 48.5 Å². The normalized spacial score (nSPS) is 18.0. The summed E-state index contributed by atoms with van der Waals surface area (Å²) in [6, 6.07) is 8.79. The number of benzene rings is 1. The number of aromatic nitrogens is 2. The lowest BCUT2D eigenvalue weighted by atomic mass is 9.69. The fraction of sp³-hybridized carbons (Fsp3) is 0.321. The van der Waals surface area contributed by atoms with Crippen LogP contribution in [0.4, 0.5) is 10.8 Å². The molecule has 0 spiro atoms. The first kappa shape index (κ1) is 29.5. The maximum atomic E-state index is 13.5. The lowest BCUT2D eigenvalue weighted by molar-refractivity contribution is -0.118. The molecule has 1 aliphatic carbocycles. The second-order valence-corrected chi connectivity index (χ2v) is 13.0. The fourth-order valence-electron chi connectivity index (χ4n) is 5.09. The van der Waals surface area contributed by atoms with Gasteiger partial charge < -0.3 is 24.9 Å². The molecule has 3 aromatic rings. The maximum Gasteiger partial charge on any atom is 0.234 e. The number of Topliss-reactive ketones (excluding diaryl/α,β-unsaturated/α-hetero) is 1. The summed E-state index contributed by atoms with van der Waals surface area (Å²) in [5.74, 6) is 0.398. The predicted molar refractivity (Wildman–Crippen MR) is 160 cm³/mol. The van der Waals surface area contributed by atoms with Crippen molar-refractivity contribution in [1.82, 2.24) is 10.2 Å².